The van der Waals surface area contributed by atoms with Crippen molar-refractivity contribution in [2.45, 2.75) is 38.1 Å². The quantitative estimate of drug-likeness (QED) is 0.768. The number of hydrogen-bond acceptors (Lipinski definition) is 3. The highest BCUT2D eigenvalue weighted by molar-refractivity contribution is 6.42. The molecular weight excluding hydrogens is 383 g/mol. The Morgan fingerprint density at radius 1 is 1.12 bits per heavy atom. The van der Waals surface area contributed by atoms with Crippen LogP contribution >= 0.6 is 35.6 Å². The zero-order valence-corrected chi connectivity index (χ0v) is 16.4. The predicted molar refractivity (Wildman–Crippen MR) is 103 cm³/mol. The van der Waals surface area contributed by atoms with Gasteiger partial charge in [-0.3, -0.25) is 9.59 Å². The van der Waals surface area contributed by atoms with E-state index in [1.807, 2.05) is 11.0 Å². The first kappa shape index (κ1) is 20.5. The number of likely N-dealkylation sites (tertiary alicyclic amines) is 2. The fourth-order valence-electron chi connectivity index (χ4n) is 3.58. The summed E-state index contributed by atoms with van der Waals surface area (Å²) in [5, 5.41) is 0.952. The third-order valence-electron chi connectivity index (χ3n) is 4.86. The van der Waals surface area contributed by atoms with Crippen molar-refractivity contribution in [1.29, 1.82) is 0 Å². The Hall–Kier alpha value is -0.810. The maximum Gasteiger partial charge on any atom is 0.227 e. The van der Waals surface area contributed by atoms with E-state index in [4.69, 9.17) is 23.2 Å². The Morgan fingerprint density at radius 2 is 1.84 bits per heavy atom. The summed E-state index contributed by atoms with van der Waals surface area (Å²) >= 11 is 12.0. The van der Waals surface area contributed by atoms with Crippen LogP contribution in [0.15, 0.2) is 18.2 Å². The number of hydrogen-bond donors (Lipinski definition) is 0. The molecule has 0 N–H and O–H groups in total. The van der Waals surface area contributed by atoms with Gasteiger partial charge in [-0.25, -0.2) is 0 Å². The lowest BCUT2D eigenvalue weighted by Crippen LogP contribution is -2.51. The van der Waals surface area contributed by atoms with Crippen LogP contribution in [0, 0.1) is 0 Å². The Labute approximate surface area is 164 Å². The van der Waals surface area contributed by atoms with E-state index in [2.05, 4.69) is 4.90 Å². The van der Waals surface area contributed by atoms with Crippen molar-refractivity contribution in [3.05, 3.63) is 33.8 Å². The van der Waals surface area contributed by atoms with E-state index >= 15 is 0 Å². The van der Waals surface area contributed by atoms with Gasteiger partial charge in [-0.15, -0.1) is 12.4 Å². The zero-order valence-electron chi connectivity index (χ0n) is 14.0. The summed E-state index contributed by atoms with van der Waals surface area (Å²) in [4.78, 5) is 28.9. The van der Waals surface area contributed by atoms with Crippen LogP contribution < -0.4 is 0 Å². The molecule has 0 radical (unpaired) electrons. The first-order chi connectivity index (χ1) is 11.5. The van der Waals surface area contributed by atoms with Gasteiger partial charge in [-0.2, -0.15) is 0 Å². The molecule has 138 valence electrons. The van der Waals surface area contributed by atoms with Gasteiger partial charge in [0, 0.05) is 25.9 Å². The fourth-order valence-corrected chi connectivity index (χ4v) is 3.90. The molecule has 0 spiro atoms. The molecule has 2 aliphatic heterocycles. The molecule has 3 rings (SSSR count). The Morgan fingerprint density at radius 3 is 2.52 bits per heavy atom. The lowest BCUT2D eigenvalue weighted by atomic mass is 9.99. The minimum Gasteiger partial charge on any atom is -0.337 e. The summed E-state index contributed by atoms with van der Waals surface area (Å²) in [7, 11) is 0. The van der Waals surface area contributed by atoms with Crippen LogP contribution in [0.3, 0.4) is 0 Å². The van der Waals surface area contributed by atoms with Crippen LogP contribution in [0.4, 0.5) is 0 Å². The summed E-state index contributed by atoms with van der Waals surface area (Å²) < 4.78 is 0. The second kappa shape index (κ2) is 9.22. The number of benzene rings is 1. The van der Waals surface area contributed by atoms with Crippen molar-refractivity contribution in [2.24, 2.45) is 0 Å². The molecule has 0 aliphatic carbocycles. The third-order valence-corrected chi connectivity index (χ3v) is 5.60. The normalized spacial score (nSPS) is 21.3. The second-order valence-electron chi connectivity index (χ2n) is 6.67. The molecule has 2 saturated heterocycles. The number of piperidine rings is 1. The first-order valence-corrected chi connectivity index (χ1v) is 9.26. The van der Waals surface area contributed by atoms with Gasteiger partial charge in [0.25, 0.3) is 0 Å². The number of rotatable bonds is 4. The molecule has 2 aliphatic rings. The molecule has 0 aromatic heterocycles. The molecule has 1 unspecified atom stereocenters. The summed E-state index contributed by atoms with van der Waals surface area (Å²) in [6.45, 7) is 3.47. The lowest BCUT2D eigenvalue weighted by Gasteiger charge is -2.37. The number of nitrogens with zero attached hydrogens (tertiary/aromatic N) is 2. The smallest absolute Gasteiger partial charge is 0.227 e. The van der Waals surface area contributed by atoms with Crippen LogP contribution in [0.25, 0.3) is 0 Å². The molecule has 4 nitrogen and oxygen atoms in total. The molecule has 2 heterocycles. The number of ketones is 1. The van der Waals surface area contributed by atoms with Gasteiger partial charge in [0.2, 0.25) is 5.91 Å². The molecule has 1 atom stereocenters. The molecule has 2 fully saturated rings. The molecule has 0 saturated carbocycles. The molecule has 1 aromatic carbocycles. The number of Topliss-reactive ketones (excluding diaryl/α,β-unsaturated/α-hetero) is 1. The van der Waals surface area contributed by atoms with Gasteiger partial charge in [0.15, 0.2) is 0 Å². The lowest BCUT2D eigenvalue weighted by molar-refractivity contribution is -0.137. The number of carbonyl (C=O) groups excluding carboxylic acids is 2. The highest BCUT2D eigenvalue weighted by atomic mass is 35.5. The van der Waals surface area contributed by atoms with E-state index < -0.39 is 0 Å². The van der Waals surface area contributed by atoms with Crippen molar-refractivity contribution in [3.8, 4) is 0 Å². The molecule has 1 amide bonds. The van der Waals surface area contributed by atoms with Crippen molar-refractivity contribution in [2.75, 3.05) is 26.2 Å². The Kier molecular flexibility index (Phi) is 7.56. The second-order valence-corrected chi connectivity index (χ2v) is 7.48. The highest BCUT2D eigenvalue weighted by Gasteiger charge is 2.32. The summed E-state index contributed by atoms with van der Waals surface area (Å²) in [6, 6.07) is 5.29. The standard InChI is InChI=1S/C18H22Cl2N2O2.ClH/c19-16-4-3-13(9-17(16)20)10-18(24)22-8-5-15(23)11-14(22)12-21-6-1-2-7-21;/h3-4,9,14H,1-2,5-8,10-12H2;1H. The van der Waals surface area contributed by atoms with E-state index in [-0.39, 0.29) is 30.1 Å². The highest BCUT2D eigenvalue weighted by Crippen LogP contribution is 2.24. The predicted octanol–water partition coefficient (Wildman–Crippen LogP) is 3.61. The number of carbonyl (C=O) groups is 2. The Balaban J connectivity index is 0.00000225. The van der Waals surface area contributed by atoms with Gasteiger partial charge >= 0.3 is 0 Å². The van der Waals surface area contributed by atoms with Gasteiger partial charge in [-0.1, -0.05) is 29.3 Å². The van der Waals surface area contributed by atoms with Crippen LogP contribution in [0.2, 0.25) is 10.0 Å². The summed E-state index contributed by atoms with van der Waals surface area (Å²) in [5.74, 6) is 0.322. The van der Waals surface area contributed by atoms with Crippen molar-refractivity contribution in [3.63, 3.8) is 0 Å². The number of halogens is 3. The average molecular weight is 406 g/mol. The van der Waals surface area contributed by atoms with E-state index in [9.17, 15) is 9.59 Å². The largest absolute Gasteiger partial charge is 0.337 e. The topological polar surface area (TPSA) is 40.6 Å². The Bertz CT molecular complexity index is 633. The van der Waals surface area contributed by atoms with E-state index in [0.717, 1.165) is 25.2 Å². The van der Waals surface area contributed by atoms with Crippen molar-refractivity contribution in [1.82, 2.24) is 9.80 Å². The van der Waals surface area contributed by atoms with E-state index in [1.165, 1.54) is 12.8 Å². The van der Waals surface area contributed by atoms with Crippen LogP contribution in [-0.4, -0.2) is 53.7 Å². The maximum absolute atomic E-state index is 12.8. The van der Waals surface area contributed by atoms with Gasteiger partial charge < -0.3 is 9.80 Å². The summed E-state index contributed by atoms with van der Waals surface area (Å²) in [6.07, 6.45) is 3.64. The minimum atomic E-state index is -0.000350. The SMILES string of the molecule is Cl.O=C1CCN(C(=O)Cc2ccc(Cl)c(Cl)c2)C(CN2CCCC2)C1. The fraction of sp³-hybridized carbons (Fsp3) is 0.556. The molecule has 1 aromatic rings. The van der Waals surface area contributed by atoms with Gasteiger partial charge in [0.05, 0.1) is 22.5 Å². The third kappa shape index (κ3) is 5.33. The maximum atomic E-state index is 12.8. The van der Waals surface area contributed by atoms with E-state index in [0.29, 0.717) is 35.9 Å². The van der Waals surface area contributed by atoms with Gasteiger partial charge in [-0.05, 0) is 43.6 Å². The molecular formula is C18H23Cl3N2O2. The number of amides is 1. The molecule has 0 bridgehead atoms. The van der Waals surface area contributed by atoms with Crippen LogP contribution in [0.1, 0.15) is 31.2 Å². The molecule has 7 heteroatoms. The van der Waals surface area contributed by atoms with Crippen LogP contribution in [0.5, 0.6) is 0 Å². The van der Waals surface area contributed by atoms with Crippen molar-refractivity contribution < 1.29 is 9.59 Å². The van der Waals surface area contributed by atoms with Crippen LogP contribution in [-0.2, 0) is 16.0 Å². The van der Waals surface area contributed by atoms with Gasteiger partial charge in [0.1, 0.15) is 5.78 Å². The minimum absolute atomic E-state index is 0. The van der Waals surface area contributed by atoms with Crippen molar-refractivity contribution >= 4 is 47.3 Å². The zero-order chi connectivity index (χ0) is 17.1. The van der Waals surface area contributed by atoms with E-state index in [1.54, 1.807) is 12.1 Å². The monoisotopic (exact) mass is 404 g/mol. The summed E-state index contributed by atoms with van der Waals surface area (Å²) in [5.41, 5.74) is 0.853. The average Bonchev–Trinajstić information content (AvgIpc) is 3.04. The molecule has 25 heavy (non-hydrogen) atoms. The first-order valence-electron chi connectivity index (χ1n) is 8.50.